The van der Waals surface area contributed by atoms with Gasteiger partial charge in [0.05, 0.1) is 6.42 Å². The SMILES string of the molecule is CCNC(=O)[C@H](C)N(Cc1ccccc1C)C(=O)Cc1ccc(C)cc1. The number of carbonyl (C=O) groups excluding carboxylic acids is 2. The van der Waals surface area contributed by atoms with Gasteiger partial charge in [0.25, 0.3) is 0 Å². The molecule has 1 atom stereocenters. The number of amides is 2. The maximum atomic E-state index is 13.0. The molecular weight excluding hydrogens is 324 g/mol. The average molecular weight is 352 g/mol. The molecule has 0 bridgehead atoms. The van der Waals surface area contributed by atoms with Crippen molar-refractivity contribution in [1.29, 1.82) is 0 Å². The highest BCUT2D eigenvalue weighted by molar-refractivity contribution is 5.88. The third kappa shape index (κ3) is 5.19. The first kappa shape index (κ1) is 19.7. The van der Waals surface area contributed by atoms with E-state index in [1.165, 1.54) is 0 Å². The Morgan fingerprint density at radius 3 is 2.31 bits per heavy atom. The monoisotopic (exact) mass is 352 g/mol. The molecule has 4 nitrogen and oxygen atoms in total. The molecule has 1 N–H and O–H groups in total. The highest BCUT2D eigenvalue weighted by Gasteiger charge is 2.26. The summed E-state index contributed by atoms with van der Waals surface area (Å²) < 4.78 is 0. The lowest BCUT2D eigenvalue weighted by Gasteiger charge is -2.29. The van der Waals surface area contributed by atoms with E-state index in [4.69, 9.17) is 0 Å². The minimum atomic E-state index is -0.521. The van der Waals surface area contributed by atoms with Crippen molar-refractivity contribution in [3.8, 4) is 0 Å². The summed E-state index contributed by atoms with van der Waals surface area (Å²) >= 11 is 0. The first-order chi connectivity index (χ1) is 12.4. The molecule has 0 aliphatic heterocycles. The van der Waals surface area contributed by atoms with Crippen LogP contribution in [0.5, 0.6) is 0 Å². The summed E-state index contributed by atoms with van der Waals surface area (Å²) in [7, 11) is 0. The fourth-order valence-electron chi connectivity index (χ4n) is 2.86. The van der Waals surface area contributed by atoms with Gasteiger partial charge in [0.15, 0.2) is 0 Å². The molecule has 2 aromatic rings. The van der Waals surface area contributed by atoms with Crippen LogP contribution in [0.1, 0.15) is 36.1 Å². The van der Waals surface area contributed by atoms with Gasteiger partial charge in [-0.3, -0.25) is 9.59 Å². The Morgan fingerprint density at radius 1 is 1.04 bits per heavy atom. The third-order valence-electron chi connectivity index (χ3n) is 4.60. The van der Waals surface area contributed by atoms with Crippen LogP contribution in [-0.4, -0.2) is 29.3 Å². The molecule has 0 saturated heterocycles. The lowest BCUT2D eigenvalue weighted by Crippen LogP contribution is -2.48. The number of rotatable bonds is 7. The van der Waals surface area contributed by atoms with Gasteiger partial charge >= 0.3 is 0 Å². The molecule has 0 heterocycles. The number of hydrogen-bond acceptors (Lipinski definition) is 2. The van der Waals surface area contributed by atoms with Crippen LogP contribution >= 0.6 is 0 Å². The van der Waals surface area contributed by atoms with Gasteiger partial charge in [-0.1, -0.05) is 54.1 Å². The van der Waals surface area contributed by atoms with Crippen molar-refractivity contribution in [3.63, 3.8) is 0 Å². The summed E-state index contributed by atoms with van der Waals surface area (Å²) in [5.74, 6) is -0.172. The van der Waals surface area contributed by atoms with Crippen LogP contribution in [0.15, 0.2) is 48.5 Å². The number of benzene rings is 2. The van der Waals surface area contributed by atoms with Crippen molar-refractivity contribution >= 4 is 11.8 Å². The fraction of sp³-hybridized carbons (Fsp3) is 0.364. The molecule has 2 aromatic carbocycles. The second kappa shape index (κ2) is 9.18. The molecule has 0 aliphatic carbocycles. The van der Waals surface area contributed by atoms with Crippen molar-refractivity contribution in [2.24, 2.45) is 0 Å². The zero-order chi connectivity index (χ0) is 19.1. The van der Waals surface area contributed by atoms with E-state index in [1.807, 2.05) is 69.3 Å². The number of carbonyl (C=O) groups is 2. The van der Waals surface area contributed by atoms with E-state index in [0.717, 1.165) is 22.3 Å². The lowest BCUT2D eigenvalue weighted by atomic mass is 10.1. The first-order valence-electron chi connectivity index (χ1n) is 9.09. The summed E-state index contributed by atoms with van der Waals surface area (Å²) in [6, 6.07) is 15.4. The van der Waals surface area contributed by atoms with Crippen LogP contribution in [0.2, 0.25) is 0 Å². The van der Waals surface area contributed by atoms with Crippen molar-refractivity contribution < 1.29 is 9.59 Å². The molecule has 26 heavy (non-hydrogen) atoms. The van der Waals surface area contributed by atoms with E-state index in [-0.39, 0.29) is 18.2 Å². The molecule has 0 aromatic heterocycles. The normalized spacial score (nSPS) is 11.7. The van der Waals surface area contributed by atoms with Gasteiger partial charge in [-0.15, -0.1) is 0 Å². The van der Waals surface area contributed by atoms with Crippen LogP contribution in [0.3, 0.4) is 0 Å². The predicted octanol–water partition coefficient (Wildman–Crippen LogP) is 3.40. The van der Waals surface area contributed by atoms with Gasteiger partial charge in [-0.05, 0) is 44.4 Å². The van der Waals surface area contributed by atoms with E-state index >= 15 is 0 Å². The molecule has 2 amide bonds. The second-order valence-electron chi connectivity index (χ2n) is 6.68. The Hall–Kier alpha value is -2.62. The van der Waals surface area contributed by atoms with Gasteiger partial charge in [-0.25, -0.2) is 0 Å². The van der Waals surface area contributed by atoms with Crippen LogP contribution in [-0.2, 0) is 22.6 Å². The zero-order valence-corrected chi connectivity index (χ0v) is 16.1. The topological polar surface area (TPSA) is 49.4 Å². The Morgan fingerprint density at radius 2 is 1.69 bits per heavy atom. The quantitative estimate of drug-likeness (QED) is 0.830. The number of nitrogens with one attached hydrogen (secondary N) is 1. The fourth-order valence-corrected chi connectivity index (χ4v) is 2.86. The number of nitrogens with zero attached hydrogens (tertiary/aromatic N) is 1. The number of likely N-dealkylation sites (N-methyl/N-ethyl adjacent to an activating group) is 1. The maximum Gasteiger partial charge on any atom is 0.242 e. The molecule has 0 unspecified atom stereocenters. The Kier molecular flexibility index (Phi) is 6.96. The van der Waals surface area contributed by atoms with Crippen LogP contribution in [0, 0.1) is 13.8 Å². The largest absolute Gasteiger partial charge is 0.355 e. The van der Waals surface area contributed by atoms with Crippen molar-refractivity contribution in [3.05, 3.63) is 70.8 Å². The Balaban J connectivity index is 2.23. The minimum Gasteiger partial charge on any atom is -0.355 e. The van der Waals surface area contributed by atoms with Gasteiger partial charge in [0.1, 0.15) is 6.04 Å². The Labute approximate surface area is 156 Å². The number of aryl methyl sites for hydroxylation is 2. The lowest BCUT2D eigenvalue weighted by molar-refractivity contribution is -0.140. The molecule has 0 spiro atoms. The third-order valence-corrected chi connectivity index (χ3v) is 4.60. The number of hydrogen-bond donors (Lipinski definition) is 1. The summed E-state index contributed by atoms with van der Waals surface area (Å²) in [6.07, 6.45) is 0.288. The molecule has 0 radical (unpaired) electrons. The van der Waals surface area contributed by atoms with Crippen molar-refractivity contribution in [2.45, 2.75) is 46.7 Å². The molecule has 0 aliphatic rings. The first-order valence-corrected chi connectivity index (χ1v) is 9.09. The Bertz CT molecular complexity index is 753. The second-order valence-corrected chi connectivity index (χ2v) is 6.68. The smallest absolute Gasteiger partial charge is 0.242 e. The maximum absolute atomic E-state index is 13.0. The van der Waals surface area contributed by atoms with Crippen molar-refractivity contribution in [1.82, 2.24) is 10.2 Å². The minimum absolute atomic E-state index is 0.0455. The molecule has 2 rings (SSSR count). The summed E-state index contributed by atoms with van der Waals surface area (Å²) in [5, 5.41) is 2.82. The molecule has 138 valence electrons. The van der Waals surface area contributed by atoms with E-state index < -0.39 is 6.04 Å². The molecule has 4 heteroatoms. The standard InChI is InChI=1S/C22H28N2O2/c1-5-23-22(26)18(4)24(15-20-9-7-6-8-17(20)3)21(25)14-19-12-10-16(2)11-13-19/h6-13,18H,5,14-15H2,1-4H3,(H,23,26)/t18-/m0/s1. The average Bonchev–Trinajstić information content (AvgIpc) is 2.62. The van der Waals surface area contributed by atoms with E-state index in [0.29, 0.717) is 13.1 Å². The zero-order valence-electron chi connectivity index (χ0n) is 16.1. The molecular formula is C22H28N2O2. The highest BCUT2D eigenvalue weighted by Crippen LogP contribution is 2.15. The van der Waals surface area contributed by atoms with Crippen molar-refractivity contribution in [2.75, 3.05) is 6.54 Å². The van der Waals surface area contributed by atoms with Crippen LogP contribution < -0.4 is 5.32 Å². The summed E-state index contributed by atoms with van der Waals surface area (Å²) in [6.45, 7) is 8.69. The highest BCUT2D eigenvalue weighted by atomic mass is 16.2. The molecule has 0 saturated carbocycles. The van der Waals surface area contributed by atoms with E-state index in [2.05, 4.69) is 5.32 Å². The molecule has 0 fully saturated rings. The summed E-state index contributed by atoms with van der Waals surface area (Å²) in [4.78, 5) is 27.0. The van der Waals surface area contributed by atoms with Crippen LogP contribution in [0.4, 0.5) is 0 Å². The van der Waals surface area contributed by atoms with Gasteiger partial charge in [-0.2, -0.15) is 0 Å². The summed E-state index contributed by atoms with van der Waals surface area (Å²) in [5.41, 5.74) is 4.29. The van der Waals surface area contributed by atoms with E-state index in [9.17, 15) is 9.59 Å². The van der Waals surface area contributed by atoms with Gasteiger partial charge in [0.2, 0.25) is 11.8 Å². The van der Waals surface area contributed by atoms with Gasteiger partial charge < -0.3 is 10.2 Å². The van der Waals surface area contributed by atoms with Crippen LogP contribution in [0.25, 0.3) is 0 Å². The predicted molar refractivity (Wildman–Crippen MR) is 105 cm³/mol. The van der Waals surface area contributed by atoms with Gasteiger partial charge in [0, 0.05) is 13.1 Å². The van der Waals surface area contributed by atoms with E-state index in [1.54, 1.807) is 11.8 Å².